The molecule has 4 rings (SSSR count). The summed E-state index contributed by atoms with van der Waals surface area (Å²) in [4.78, 5) is 13.3. The van der Waals surface area contributed by atoms with E-state index in [4.69, 9.17) is 0 Å². The number of carbonyl (C=O) groups excluding carboxylic acids is 1. The standard InChI is InChI=1S/C30H36N2O3S/c1-23-13-17-27(18-14-23)24(2)31-30(33)28-19-15-26(16-20-28)22-32(21-25-9-5-3-6-10-25)36(34,35)29-11-7-4-8-12-29/h3-14,17-18,24,26,28H,15-16,19-22H2,1-2H3,(H,31,33)/t24-,26?,28?/m0/s1. The molecule has 3 aromatic carbocycles. The van der Waals surface area contributed by atoms with Crippen molar-refractivity contribution in [3.63, 3.8) is 0 Å². The number of amides is 1. The minimum absolute atomic E-state index is 0.0255. The van der Waals surface area contributed by atoms with E-state index in [1.165, 1.54) is 5.56 Å². The van der Waals surface area contributed by atoms with Crippen LogP contribution in [0.4, 0.5) is 0 Å². The first-order valence-corrected chi connectivity index (χ1v) is 14.2. The van der Waals surface area contributed by atoms with E-state index >= 15 is 0 Å². The molecular weight excluding hydrogens is 468 g/mol. The second kappa shape index (κ2) is 11.8. The summed E-state index contributed by atoms with van der Waals surface area (Å²) < 4.78 is 28.7. The molecule has 0 spiro atoms. The quantitative estimate of drug-likeness (QED) is 0.396. The molecule has 1 amide bonds. The van der Waals surface area contributed by atoms with Gasteiger partial charge < -0.3 is 5.32 Å². The van der Waals surface area contributed by atoms with Gasteiger partial charge in [0.25, 0.3) is 0 Å². The number of hydrogen-bond donors (Lipinski definition) is 1. The van der Waals surface area contributed by atoms with Crippen LogP contribution in [0.1, 0.15) is 55.3 Å². The van der Waals surface area contributed by atoms with Crippen LogP contribution in [-0.2, 0) is 21.4 Å². The summed E-state index contributed by atoms with van der Waals surface area (Å²) in [7, 11) is -3.62. The highest BCUT2D eigenvalue weighted by atomic mass is 32.2. The molecule has 0 saturated heterocycles. The van der Waals surface area contributed by atoms with Crippen LogP contribution in [0.2, 0.25) is 0 Å². The van der Waals surface area contributed by atoms with Crippen LogP contribution in [0.15, 0.2) is 89.8 Å². The lowest BCUT2D eigenvalue weighted by molar-refractivity contribution is -0.126. The number of carbonyl (C=O) groups is 1. The first kappa shape index (κ1) is 26.1. The van der Waals surface area contributed by atoms with Gasteiger partial charge in [-0.1, -0.05) is 78.4 Å². The van der Waals surface area contributed by atoms with Crippen LogP contribution in [0, 0.1) is 18.8 Å². The number of nitrogens with zero attached hydrogens (tertiary/aromatic N) is 1. The summed E-state index contributed by atoms with van der Waals surface area (Å²) in [6.07, 6.45) is 3.24. The number of rotatable bonds is 9. The Morgan fingerprint density at radius 3 is 2.08 bits per heavy atom. The molecule has 1 aliphatic carbocycles. The van der Waals surface area contributed by atoms with Crippen molar-refractivity contribution in [3.8, 4) is 0 Å². The first-order valence-electron chi connectivity index (χ1n) is 12.8. The van der Waals surface area contributed by atoms with Crippen LogP contribution in [-0.4, -0.2) is 25.2 Å². The normalized spacial score (nSPS) is 19.1. The zero-order chi connectivity index (χ0) is 25.5. The number of nitrogens with one attached hydrogen (secondary N) is 1. The molecule has 1 saturated carbocycles. The first-order chi connectivity index (χ1) is 17.3. The van der Waals surface area contributed by atoms with Gasteiger partial charge in [-0.15, -0.1) is 0 Å². The van der Waals surface area contributed by atoms with Gasteiger partial charge in [0, 0.05) is 19.0 Å². The zero-order valence-electron chi connectivity index (χ0n) is 21.1. The fourth-order valence-electron chi connectivity index (χ4n) is 4.94. The van der Waals surface area contributed by atoms with E-state index in [2.05, 4.69) is 36.5 Å². The lowest BCUT2D eigenvalue weighted by Crippen LogP contribution is -2.38. The van der Waals surface area contributed by atoms with Crippen molar-refractivity contribution in [1.29, 1.82) is 0 Å². The van der Waals surface area contributed by atoms with Gasteiger partial charge in [-0.3, -0.25) is 4.79 Å². The van der Waals surface area contributed by atoms with Crippen LogP contribution in [0.5, 0.6) is 0 Å². The predicted octanol–water partition coefficient (Wildman–Crippen LogP) is 5.87. The summed E-state index contributed by atoms with van der Waals surface area (Å²) >= 11 is 0. The maximum Gasteiger partial charge on any atom is 0.243 e. The van der Waals surface area contributed by atoms with Gasteiger partial charge in [-0.25, -0.2) is 8.42 Å². The topological polar surface area (TPSA) is 66.5 Å². The molecule has 3 aromatic rings. The Kier molecular flexibility index (Phi) is 8.60. The SMILES string of the molecule is Cc1ccc([C@H](C)NC(=O)C2CCC(CN(Cc3ccccc3)S(=O)(=O)c3ccccc3)CC2)cc1. The van der Waals surface area contributed by atoms with E-state index in [9.17, 15) is 13.2 Å². The second-order valence-corrected chi connectivity index (χ2v) is 11.9. The summed E-state index contributed by atoms with van der Waals surface area (Å²) in [5, 5.41) is 3.17. The fraction of sp³-hybridized carbons (Fsp3) is 0.367. The Bertz CT molecular complexity index is 1220. The summed E-state index contributed by atoms with van der Waals surface area (Å²) in [6.45, 7) is 4.87. The Hall–Kier alpha value is -2.96. The molecule has 0 heterocycles. The van der Waals surface area contributed by atoms with Crippen molar-refractivity contribution in [3.05, 3.63) is 102 Å². The number of hydrogen-bond acceptors (Lipinski definition) is 3. The maximum absolute atomic E-state index is 13.5. The smallest absolute Gasteiger partial charge is 0.243 e. The highest BCUT2D eigenvalue weighted by molar-refractivity contribution is 7.89. The van der Waals surface area contributed by atoms with Crippen LogP contribution in [0.25, 0.3) is 0 Å². The number of benzene rings is 3. The van der Waals surface area contributed by atoms with E-state index in [1.807, 2.05) is 43.3 Å². The third kappa shape index (κ3) is 6.62. The molecule has 1 atom stereocenters. The molecule has 6 heteroatoms. The van der Waals surface area contributed by atoms with E-state index in [1.54, 1.807) is 28.6 Å². The van der Waals surface area contributed by atoms with E-state index in [-0.39, 0.29) is 23.8 Å². The minimum Gasteiger partial charge on any atom is -0.349 e. The number of aryl methyl sites for hydroxylation is 1. The van der Waals surface area contributed by atoms with Gasteiger partial charge in [0.15, 0.2) is 0 Å². The predicted molar refractivity (Wildman–Crippen MR) is 144 cm³/mol. The Labute approximate surface area is 215 Å². The van der Waals surface area contributed by atoms with Gasteiger partial charge in [0.2, 0.25) is 15.9 Å². The monoisotopic (exact) mass is 504 g/mol. The molecule has 0 aromatic heterocycles. The van der Waals surface area contributed by atoms with Crippen molar-refractivity contribution in [1.82, 2.24) is 9.62 Å². The average molecular weight is 505 g/mol. The van der Waals surface area contributed by atoms with Crippen LogP contribution in [0.3, 0.4) is 0 Å². The molecule has 190 valence electrons. The molecule has 0 radical (unpaired) electrons. The molecule has 1 fully saturated rings. The highest BCUT2D eigenvalue weighted by Crippen LogP contribution is 2.32. The summed E-state index contributed by atoms with van der Waals surface area (Å²) in [6, 6.07) is 26.6. The van der Waals surface area contributed by atoms with E-state index in [0.717, 1.165) is 36.8 Å². The molecule has 1 aliphatic rings. The van der Waals surface area contributed by atoms with Crippen LogP contribution < -0.4 is 5.32 Å². The average Bonchev–Trinajstić information content (AvgIpc) is 2.90. The molecule has 36 heavy (non-hydrogen) atoms. The largest absolute Gasteiger partial charge is 0.349 e. The van der Waals surface area contributed by atoms with Crippen molar-refractivity contribution in [2.24, 2.45) is 11.8 Å². The molecule has 5 nitrogen and oxygen atoms in total. The third-order valence-corrected chi connectivity index (χ3v) is 9.02. The summed E-state index contributed by atoms with van der Waals surface area (Å²) in [5.74, 6) is 0.299. The summed E-state index contributed by atoms with van der Waals surface area (Å²) in [5.41, 5.74) is 3.27. The fourth-order valence-corrected chi connectivity index (χ4v) is 6.47. The molecule has 1 N–H and O–H groups in total. The maximum atomic E-state index is 13.5. The lowest BCUT2D eigenvalue weighted by Gasteiger charge is -2.32. The Balaban J connectivity index is 1.38. The number of sulfonamides is 1. The van der Waals surface area contributed by atoms with Gasteiger partial charge in [-0.05, 0) is 68.7 Å². The lowest BCUT2D eigenvalue weighted by atomic mass is 9.81. The van der Waals surface area contributed by atoms with Gasteiger partial charge >= 0.3 is 0 Å². The van der Waals surface area contributed by atoms with Gasteiger partial charge in [0.05, 0.1) is 10.9 Å². The molecule has 0 unspecified atom stereocenters. The highest BCUT2D eigenvalue weighted by Gasteiger charge is 2.32. The van der Waals surface area contributed by atoms with Crippen molar-refractivity contribution < 1.29 is 13.2 Å². The van der Waals surface area contributed by atoms with Gasteiger partial charge in [0.1, 0.15) is 0 Å². The zero-order valence-corrected chi connectivity index (χ0v) is 22.0. The van der Waals surface area contributed by atoms with E-state index in [0.29, 0.717) is 18.0 Å². The van der Waals surface area contributed by atoms with Crippen molar-refractivity contribution in [2.45, 2.75) is 57.0 Å². The molecular formula is C30H36N2O3S. The van der Waals surface area contributed by atoms with Crippen molar-refractivity contribution >= 4 is 15.9 Å². The molecule has 0 aliphatic heterocycles. The third-order valence-electron chi connectivity index (χ3n) is 7.20. The Morgan fingerprint density at radius 2 is 1.47 bits per heavy atom. The Morgan fingerprint density at radius 1 is 0.889 bits per heavy atom. The van der Waals surface area contributed by atoms with E-state index < -0.39 is 10.0 Å². The van der Waals surface area contributed by atoms with Crippen molar-refractivity contribution in [2.75, 3.05) is 6.54 Å². The second-order valence-electron chi connectivity index (χ2n) is 9.95. The van der Waals surface area contributed by atoms with Gasteiger partial charge in [-0.2, -0.15) is 4.31 Å². The minimum atomic E-state index is -3.62. The molecule has 0 bridgehead atoms. The van der Waals surface area contributed by atoms with Crippen LogP contribution >= 0.6 is 0 Å².